The van der Waals surface area contributed by atoms with Crippen LogP contribution in [0.25, 0.3) is 0 Å². The van der Waals surface area contributed by atoms with Crippen LogP contribution in [-0.4, -0.2) is 4.62 Å². The molecule has 0 radical (unpaired) electrons. The van der Waals surface area contributed by atoms with Crippen molar-refractivity contribution < 1.29 is 18.0 Å². The first-order valence-corrected chi connectivity index (χ1v) is 5.79. The number of halogens is 5. The number of hydrogen-bond donors (Lipinski definition) is 0. The van der Waals surface area contributed by atoms with Crippen LogP contribution >= 0.6 is 27.5 Å². The highest BCUT2D eigenvalue weighted by atomic mass is 79.9. The Morgan fingerprint density at radius 3 is 2.59 bits per heavy atom. The summed E-state index contributed by atoms with van der Waals surface area (Å²) < 4.78 is 38.3. The number of rotatable bonds is 1. The molecule has 0 aliphatic carbocycles. The zero-order chi connectivity index (χ0) is 12.6. The highest BCUT2D eigenvalue weighted by Crippen LogP contribution is 2.36. The maximum atomic E-state index is 12.6. The van der Waals surface area contributed by atoms with E-state index in [2.05, 4.69) is 21.1 Å². The topological polar surface area (TPSA) is 21.6 Å². The molecule has 0 saturated carbocycles. The average Bonchev–Trinajstić information content (AvgIpc) is 2.62. The number of alkyl halides is 3. The molecule has 1 unspecified atom stereocenters. The standard InChI is InChI=1S/C10H6BrClF3NO/c11-9-4-8(17-16-9)5-1-6(10(13,14)15)3-7(12)2-5/h1-3,8H,4H2. The molecule has 1 aliphatic rings. The Bertz CT molecular complexity index is 475. The third-order valence-electron chi connectivity index (χ3n) is 2.25. The zero-order valence-electron chi connectivity index (χ0n) is 8.26. The van der Waals surface area contributed by atoms with Crippen LogP contribution < -0.4 is 0 Å². The van der Waals surface area contributed by atoms with Crippen LogP contribution in [0.2, 0.25) is 5.02 Å². The summed E-state index contributed by atoms with van der Waals surface area (Å²) >= 11 is 8.79. The lowest BCUT2D eigenvalue weighted by Crippen LogP contribution is -2.07. The summed E-state index contributed by atoms with van der Waals surface area (Å²) in [7, 11) is 0. The maximum absolute atomic E-state index is 12.6. The van der Waals surface area contributed by atoms with Gasteiger partial charge in [-0.15, -0.1) is 0 Å². The lowest BCUT2D eigenvalue weighted by atomic mass is 10.0. The van der Waals surface area contributed by atoms with E-state index < -0.39 is 17.8 Å². The molecule has 2 nitrogen and oxygen atoms in total. The van der Waals surface area contributed by atoms with E-state index in [9.17, 15) is 13.2 Å². The molecule has 92 valence electrons. The Morgan fingerprint density at radius 2 is 2.06 bits per heavy atom. The van der Waals surface area contributed by atoms with E-state index in [-0.39, 0.29) is 5.02 Å². The molecule has 1 aliphatic heterocycles. The molecule has 7 heteroatoms. The minimum atomic E-state index is -4.42. The normalized spacial score (nSPS) is 20.1. The molecule has 0 bridgehead atoms. The third-order valence-corrected chi connectivity index (χ3v) is 2.94. The van der Waals surface area contributed by atoms with Crippen molar-refractivity contribution in [2.45, 2.75) is 18.7 Å². The number of oxime groups is 1. The lowest BCUT2D eigenvalue weighted by Gasteiger charge is -2.13. The van der Waals surface area contributed by atoms with Crippen molar-refractivity contribution in [3.63, 3.8) is 0 Å². The van der Waals surface area contributed by atoms with E-state index in [1.807, 2.05) is 0 Å². The summed E-state index contributed by atoms with van der Waals surface area (Å²) in [5, 5.41) is 3.65. The Morgan fingerprint density at radius 1 is 1.35 bits per heavy atom. The van der Waals surface area contributed by atoms with Gasteiger partial charge in [0.1, 0.15) is 4.62 Å². The van der Waals surface area contributed by atoms with Crippen molar-refractivity contribution >= 4 is 32.2 Å². The minimum absolute atomic E-state index is 0.0291. The summed E-state index contributed by atoms with van der Waals surface area (Å²) in [5.74, 6) is 0. The van der Waals surface area contributed by atoms with Gasteiger partial charge in [0.2, 0.25) is 0 Å². The van der Waals surface area contributed by atoms with Crippen LogP contribution in [0.15, 0.2) is 23.4 Å². The predicted molar refractivity (Wildman–Crippen MR) is 61.3 cm³/mol. The first kappa shape index (κ1) is 12.7. The van der Waals surface area contributed by atoms with Gasteiger partial charge in [-0.05, 0) is 39.7 Å². The Labute approximate surface area is 109 Å². The largest absolute Gasteiger partial charge is 0.416 e. The van der Waals surface area contributed by atoms with Gasteiger partial charge in [0.15, 0.2) is 6.10 Å². The van der Waals surface area contributed by atoms with E-state index in [0.29, 0.717) is 16.6 Å². The number of benzene rings is 1. The predicted octanol–water partition coefficient (Wildman–Crippen LogP) is 4.53. The second-order valence-electron chi connectivity index (χ2n) is 3.54. The number of hydrogen-bond acceptors (Lipinski definition) is 2. The van der Waals surface area contributed by atoms with Gasteiger partial charge in [-0.3, -0.25) is 0 Å². The van der Waals surface area contributed by atoms with E-state index >= 15 is 0 Å². The van der Waals surface area contributed by atoms with Crippen LogP contribution in [0.1, 0.15) is 23.7 Å². The molecule has 0 aromatic heterocycles. The van der Waals surface area contributed by atoms with Crippen molar-refractivity contribution in [3.8, 4) is 0 Å². The van der Waals surface area contributed by atoms with Crippen LogP contribution in [-0.2, 0) is 11.0 Å². The average molecular weight is 329 g/mol. The molecule has 0 fully saturated rings. The zero-order valence-corrected chi connectivity index (χ0v) is 10.6. The van der Waals surface area contributed by atoms with Crippen molar-refractivity contribution in [2.24, 2.45) is 5.16 Å². The third kappa shape index (κ3) is 2.93. The van der Waals surface area contributed by atoms with E-state index in [4.69, 9.17) is 16.4 Å². The molecule has 1 aromatic carbocycles. The smallest absolute Gasteiger partial charge is 0.386 e. The fourth-order valence-electron chi connectivity index (χ4n) is 1.49. The second-order valence-corrected chi connectivity index (χ2v) is 4.89. The quantitative estimate of drug-likeness (QED) is 0.742. The van der Waals surface area contributed by atoms with Crippen LogP contribution in [0.4, 0.5) is 13.2 Å². The molecule has 0 amide bonds. The first-order valence-electron chi connectivity index (χ1n) is 4.62. The number of nitrogens with zero attached hydrogens (tertiary/aromatic N) is 1. The summed E-state index contributed by atoms with van der Waals surface area (Å²) in [6.07, 6.45) is -4.54. The van der Waals surface area contributed by atoms with Crippen LogP contribution in [0, 0.1) is 0 Å². The Kier molecular flexibility index (Phi) is 3.36. The first-order chi connectivity index (χ1) is 7.86. The maximum Gasteiger partial charge on any atom is 0.416 e. The fourth-order valence-corrected chi connectivity index (χ4v) is 2.11. The molecular formula is C10H6BrClF3NO. The van der Waals surface area contributed by atoms with E-state index in [0.717, 1.165) is 12.1 Å². The van der Waals surface area contributed by atoms with Gasteiger partial charge in [-0.1, -0.05) is 16.8 Å². The molecule has 1 atom stereocenters. The summed E-state index contributed by atoms with van der Waals surface area (Å²) in [6, 6.07) is 3.36. The monoisotopic (exact) mass is 327 g/mol. The van der Waals surface area contributed by atoms with Crippen molar-refractivity contribution in [2.75, 3.05) is 0 Å². The van der Waals surface area contributed by atoms with Gasteiger partial charge in [0, 0.05) is 11.4 Å². The molecule has 0 N–H and O–H groups in total. The SMILES string of the molecule is FC(F)(F)c1cc(Cl)cc(C2CC(Br)=NO2)c1. The Hall–Kier alpha value is -0.750. The van der Waals surface area contributed by atoms with Crippen molar-refractivity contribution in [3.05, 3.63) is 34.3 Å². The second kappa shape index (κ2) is 4.49. The molecule has 1 aromatic rings. The molecule has 17 heavy (non-hydrogen) atoms. The van der Waals surface area contributed by atoms with Crippen molar-refractivity contribution in [1.82, 2.24) is 0 Å². The summed E-state index contributed by atoms with van der Waals surface area (Å²) in [5.41, 5.74) is -0.422. The van der Waals surface area contributed by atoms with Gasteiger partial charge in [0.05, 0.1) is 5.56 Å². The van der Waals surface area contributed by atoms with Gasteiger partial charge in [-0.25, -0.2) is 0 Å². The highest BCUT2D eigenvalue weighted by molar-refractivity contribution is 9.18. The molecule has 0 saturated heterocycles. The highest BCUT2D eigenvalue weighted by Gasteiger charge is 2.32. The summed E-state index contributed by atoms with van der Waals surface area (Å²) in [6.45, 7) is 0. The summed E-state index contributed by atoms with van der Waals surface area (Å²) in [4.78, 5) is 4.99. The van der Waals surface area contributed by atoms with E-state index in [1.54, 1.807) is 0 Å². The van der Waals surface area contributed by atoms with Gasteiger partial charge < -0.3 is 4.84 Å². The van der Waals surface area contributed by atoms with Crippen molar-refractivity contribution in [1.29, 1.82) is 0 Å². The van der Waals surface area contributed by atoms with E-state index in [1.165, 1.54) is 6.07 Å². The molecule has 1 heterocycles. The van der Waals surface area contributed by atoms with Crippen LogP contribution in [0.3, 0.4) is 0 Å². The molecule has 0 spiro atoms. The lowest BCUT2D eigenvalue weighted by molar-refractivity contribution is -0.137. The Balaban J connectivity index is 2.33. The van der Waals surface area contributed by atoms with Crippen LogP contribution in [0.5, 0.6) is 0 Å². The van der Waals surface area contributed by atoms with Gasteiger partial charge in [-0.2, -0.15) is 13.2 Å². The molecular weight excluding hydrogens is 322 g/mol. The van der Waals surface area contributed by atoms with Gasteiger partial charge in [0.25, 0.3) is 0 Å². The minimum Gasteiger partial charge on any atom is -0.386 e. The fraction of sp³-hybridized carbons (Fsp3) is 0.300. The molecule has 2 rings (SSSR count). The van der Waals surface area contributed by atoms with Gasteiger partial charge >= 0.3 is 6.18 Å².